The first kappa shape index (κ1) is 18.3. The van der Waals surface area contributed by atoms with E-state index in [1.165, 1.54) is 7.11 Å². The minimum Gasteiger partial charge on any atom is -0.493 e. The van der Waals surface area contributed by atoms with E-state index >= 15 is 0 Å². The Morgan fingerprint density at radius 1 is 1.12 bits per heavy atom. The molecule has 0 fully saturated rings. The van der Waals surface area contributed by atoms with Crippen LogP contribution in [0.4, 0.5) is 0 Å². The fourth-order valence-corrected chi connectivity index (χ4v) is 2.32. The van der Waals surface area contributed by atoms with Gasteiger partial charge in [0.25, 0.3) is 11.8 Å². The summed E-state index contributed by atoms with van der Waals surface area (Å²) in [5, 5.41) is 2.91. The molecule has 6 heteroatoms. The van der Waals surface area contributed by atoms with E-state index in [0.29, 0.717) is 23.6 Å². The van der Waals surface area contributed by atoms with Gasteiger partial charge in [-0.1, -0.05) is 37.3 Å². The fourth-order valence-electron chi connectivity index (χ4n) is 2.32. The molecule has 0 aromatic heterocycles. The molecular weight excluding hydrogens is 320 g/mol. The molecule has 2 aromatic rings. The number of primary amides is 1. The van der Waals surface area contributed by atoms with Crippen LogP contribution in [-0.4, -0.2) is 32.1 Å². The molecule has 25 heavy (non-hydrogen) atoms. The first-order chi connectivity index (χ1) is 12.0. The molecule has 0 aliphatic carbocycles. The Balaban J connectivity index is 2.00. The van der Waals surface area contributed by atoms with Crippen molar-refractivity contribution in [2.75, 3.05) is 20.3 Å². The van der Waals surface area contributed by atoms with Gasteiger partial charge in [0.2, 0.25) is 0 Å². The van der Waals surface area contributed by atoms with Crippen LogP contribution >= 0.6 is 0 Å². The molecule has 0 saturated carbocycles. The summed E-state index contributed by atoms with van der Waals surface area (Å²) in [7, 11) is 1.46. The largest absolute Gasteiger partial charge is 0.493 e. The van der Waals surface area contributed by atoms with Crippen molar-refractivity contribution < 1.29 is 19.1 Å². The lowest BCUT2D eigenvalue weighted by Gasteiger charge is -2.14. The van der Waals surface area contributed by atoms with Gasteiger partial charge in [-0.25, -0.2) is 0 Å². The van der Waals surface area contributed by atoms with Crippen LogP contribution in [0.25, 0.3) is 0 Å². The number of nitrogens with two attached hydrogens (primary N) is 1. The predicted molar refractivity (Wildman–Crippen MR) is 94.9 cm³/mol. The van der Waals surface area contributed by atoms with Crippen LogP contribution in [0, 0.1) is 0 Å². The van der Waals surface area contributed by atoms with Crippen LogP contribution in [0.15, 0.2) is 48.5 Å². The number of amides is 2. The van der Waals surface area contributed by atoms with Crippen LogP contribution in [-0.2, 0) is 4.79 Å². The van der Waals surface area contributed by atoms with E-state index in [1.54, 1.807) is 18.2 Å². The third-order valence-electron chi connectivity index (χ3n) is 3.73. The number of nitrogens with one attached hydrogen (secondary N) is 1. The normalized spacial score (nSPS) is 11.4. The highest BCUT2D eigenvalue weighted by Gasteiger charge is 2.13. The summed E-state index contributed by atoms with van der Waals surface area (Å²) < 4.78 is 10.5. The maximum absolute atomic E-state index is 12.3. The summed E-state index contributed by atoms with van der Waals surface area (Å²) in [5.41, 5.74) is 6.67. The number of methoxy groups -OCH3 is 1. The number of ether oxygens (including phenoxy) is 2. The number of carbonyl (C=O) groups excluding carboxylic acids is 2. The molecule has 0 aliphatic heterocycles. The maximum Gasteiger partial charge on any atom is 0.255 e. The molecule has 0 unspecified atom stereocenters. The zero-order valence-electron chi connectivity index (χ0n) is 14.3. The molecule has 0 aliphatic rings. The SMILES string of the molecule is COc1cc(C(=O)NC[C@@H](C)c2ccccc2)ccc1OCC(N)=O. The molecule has 0 heterocycles. The Kier molecular flexibility index (Phi) is 6.39. The smallest absolute Gasteiger partial charge is 0.255 e. The van der Waals surface area contributed by atoms with Gasteiger partial charge in [0.05, 0.1) is 7.11 Å². The molecule has 0 radical (unpaired) electrons. The van der Waals surface area contributed by atoms with E-state index in [2.05, 4.69) is 12.2 Å². The molecule has 2 rings (SSSR count). The minimum atomic E-state index is -0.584. The highest BCUT2D eigenvalue weighted by atomic mass is 16.5. The highest BCUT2D eigenvalue weighted by molar-refractivity contribution is 5.95. The Bertz CT molecular complexity index is 731. The van der Waals surface area contributed by atoms with Crippen LogP contribution < -0.4 is 20.5 Å². The van der Waals surface area contributed by atoms with Crippen LogP contribution in [0.3, 0.4) is 0 Å². The summed E-state index contributed by atoms with van der Waals surface area (Å²) in [6.07, 6.45) is 0. The predicted octanol–water partition coefficient (Wildman–Crippen LogP) is 2.09. The second-order valence-electron chi connectivity index (χ2n) is 5.64. The summed E-state index contributed by atoms with van der Waals surface area (Å²) in [5.74, 6) is 0.132. The number of benzene rings is 2. The molecule has 1 atom stereocenters. The molecule has 0 saturated heterocycles. The van der Waals surface area contributed by atoms with E-state index in [1.807, 2.05) is 30.3 Å². The van der Waals surface area contributed by atoms with Gasteiger partial charge in [-0.15, -0.1) is 0 Å². The molecule has 132 valence electrons. The summed E-state index contributed by atoms with van der Waals surface area (Å²) in [6.45, 7) is 2.32. The lowest BCUT2D eigenvalue weighted by molar-refractivity contribution is -0.119. The molecular formula is C19H22N2O4. The standard InChI is InChI=1S/C19H22N2O4/c1-13(14-6-4-3-5-7-14)11-21-19(23)15-8-9-16(17(10-15)24-2)25-12-18(20)22/h3-10,13H,11-12H2,1-2H3,(H2,20,22)(H,21,23)/t13-/m1/s1. The Morgan fingerprint density at radius 3 is 2.48 bits per heavy atom. The van der Waals surface area contributed by atoms with Gasteiger partial charge in [-0.05, 0) is 29.7 Å². The third kappa shape index (κ3) is 5.24. The summed E-state index contributed by atoms with van der Waals surface area (Å²) in [4.78, 5) is 23.2. The topological polar surface area (TPSA) is 90.7 Å². The Hall–Kier alpha value is -3.02. The summed E-state index contributed by atoms with van der Waals surface area (Å²) >= 11 is 0. The van der Waals surface area contributed by atoms with Crippen LogP contribution in [0.5, 0.6) is 11.5 Å². The van der Waals surface area contributed by atoms with Crippen LogP contribution in [0.1, 0.15) is 28.8 Å². The van der Waals surface area contributed by atoms with Crippen molar-refractivity contribution in [3.8, 4) is 11.5 Å². The van der Waals surface area contributed by atoms with Gasteiger partial charge in [0.15, 0.2) is 18.1 Å². The average Bonchev–Trinajstić information content (AvgIpc) is 2.64. The highest BCUT2D eigenvalue weighted by Crippen LogP contribution is 2.28. The molecule has 6 nitrogen and oxygen atoms in total. The molecule has 0 spiro atoms. The van der Waals surface area contributed by atoms with Gasteiger partial charge in [0, 0.05) is 12.1 Å². The van der Waals surface area contributed by atoms with Gasteiger partial charge in [-0.3, -0.25) is 9.59 Å². The minimum absolute atomic E-state index is 0.199. The quantitative estimate of drug-likeness (QED) is 0.768. The molecule has 2 aromatic carbocycles. The number of hydrogen-bond acceptors (Lipinski definition) is 4. The van der Waals surface area contributed by atoms with E-state index in [4.69, 9.17) is 15.2 Å². The maximum atomic E-state index is 12.3. The van der Waals surface area contributed by atoms with Crippen molar-refractivity contribution in [2.45, 2.75) is 12.8 Å². The number of hydrogen-bond donors (Lipinski definition) is 2. The number of rotatable bonds is 8. The van der Waals surface area contributed by atoms with E-state index in [-0.39, 0.29) is 18.4 Å². The van der Waals surface area contributed by atoms with Gasteiger partial charge in [-0.2, -0.15) is 0 Å². The third-order valence-corrected chi connectivity index (χ3v) is 3.73. The first-order valence-corrected chi connectivity index (χ1v) is 7.93. The van der Waals surface area contributed by atoms with Crippen molar-refractivity contribution in [2.24, 2.45) is 5.73 Å². The van der Waals surface area contributed by atoms with E-state index < -0.39 is 5.91 Å². The number of carbonyl (C=O) groups is 2. The van der Waals surface area contributed by atoms with Gasteiger partial charge >= 0.3 is 0 Å². The van der Waals surface area contributed by atoms with Crippen LogP contribution in [0.2, 0.25) is 0 Å². The second-order valence-corrected chi connectivity index (χ2v) is 5.64. The molecule has 3 N–H and O–H groups in total. The Labute approximate surface area is 146 Å². The van der Waals surface area contributed by atoms with Gasteiger partial charge < -0.3 is 20.5 Å². The van der Waals surface area contributed by atoms with Crippen molar-refractivity contribution >= 4 is 11.8 Å². The molecule has 0 bridgehead atoms. The second kappa shape index (κ2) is 8.73. The van der Waals surface area contributed by atoms with E-state index in [9.17, 15) is 9.59 Å². The zero-order valence-corrected chi connectivity index (χ0v) is 14.3. The monoisotopic (exact) mass is 342 g/mol. The Morgan fingerprint density at radius 2 is 1.84 bits per heavy atom. The fraction of sp³-hybridized carbons (Fsp3) is 0.263. The van der Waals surface area contributed by atoms with Gasteiger partial charge in [0.1, 0.15) is 0 Å². The van der Waals surface area contributed by atoms with Crippen molar-refractivity contribution in [3.05, 3.63) is 59.7 Å². The van der Waals surface area contributed by atoms with E-state index in [0.717, 1.165) is 5.56 Å². The average molecular weight is 342 g/mol. The lowest BCUT2D eigenvalue weighted by Crippen LogP contribution is -2.27. The molecule has 2 amide bonds. The summed E-state index contributed by atoms with van der Waals surface area (Å²) in [6, 6.07) is 14.7. The first-order valence-electron chi connectivity index (χ1n) is 7.93. The van der Waals surface area contributed by atoms with Crippen molar-refractivity contribution in [3.63, 3.8) is 0 Å². The van der Waals surface area contributed by atoms with Crippen molar-refractivity contribution in [1.82, 2.24) is 5.32 Å². The lowest BCUT2D eigenvalue weighted by atomic mass is 10.0. The zero-order chi connectivity index (χ0) is 18.2. The van der Waals surface area contributed by atoms with Crippen molar-refractivity contribution in [1.29, 1.82) is 0 Å².